The molecular formula is C15H25ClN2O2. The van der Waals surface area contributed by atoms with Crippen LogP contribution < -0.4 is 10.1 Å². The molecule has 0 aliphatic carbocycles. The number of rotatable bonds is 2. The fourth-order valence-corrected chi connectivity index (χ4v) is 1.57. The minimum atomic E-state index is 0.416. The molecule has 114 valence electrons. The fourth-order valence-electron chi connectivity index (χ4n) is 1.36. The molecule has 0 radical (unpaired) electrons. The molecule has 1 heterocycles. The van der Waals surface area contributed by atoms with E-state index in [1.54, 1.807) is 25.3 Å². The lowest BCUT2D eigenvalue weighted by molar-refractivity contribution is 0.112. The van der Waals surface area contributed by atoms with Gasteiger partial charge in [0.15, 0.2) is 6.29 Å². The second-order valence-corrected chi connectivity index (χ2v) is 5.21. The lowest BCUT2D eigenvalue weighted by Crippen LogP contribution is -2.03. The van der Waals surface area contributed by atoms with Crippen LogP contribution in [-0.2, 0) is 0 Å². The molecule has 1 aliphatic rings. The smallest absolute Gasteiger partial charge is 0.151 e. The van der Waals surface area contributed by atoms with E-state index in [0.29, 0.717) is 22.6 Å². The summed E-state index contributed by atoms with van der Waals surface area (Å²) in [6.45, 7) is 2.50. The number of aldehydes is 1. The molecule has 0 amide bonds. The van der Waals surface area contributed by atoms with E-state index in [9.17, 15) is 4.79 Å². The zero-order chi connectivity index (χ0) is 15.4. The van der Waals surface area contributed by atoms with Crippen LogP contribution in [0.25, 0.3) is 0 Å². The molecule has 2 rings (SSSR count). The van der Waals surface area contributed by atoms with Gasteiger partial charge >= 0.3 is 0 Å². The first-order chi connectivity index (χ1) is 9.51. The van der Waals surface area contributed by atoms with Crippen molar-refractivity contribution in [3.63, 3.8) is 0 Å². The first-order valence-electron chi connectivity index (χ1n) is 6.61. The molecule has 0 bridgehead atoms. The van der Waals surface area contributed by atoms with E-state index in [0.717, 1.165) is 0 Å². The third-order valence-corrected chi connectivity index (χ3v) is 2.62. The lowest BCUT2D eigenvalue weighted by Gasteiger charge is -2.00. The number of carbonyl (C=O) groups excluding carboxylic acids is 1. The molecule has 1 aromatic carbocycles. The van der Waals surface area contributed by atoms with E-state index in [1.807, 2.05) is 26.0 Å². The summed E-state index contributed by atoms with van der Waals surface area (Å²) in [6, 6.07) is 4.91. The van der Waals surface area contributed by atoms with Gasteiger partial charge in [-0.05, 0) is 65.3 Å². The minimum absolute atomic E-state index is 0.416. The Hall–Kier alpha value is -1.10. The number of halogens is 1. The highest BCUT2D eigenvalue weighted by Crippen LogP contribution is 2.20. The maximum atomic E-state index is 10.3. The second kappa shape index (κ2) is 11.7. The molecule has 0 unspecified atom stereocenters. The second-order valence-electron chi connectivity index (χ2n) is 4.80. The molecule has 0 aromatic heterocycles. The Morgan fingerprint density at radius 1 is 1.25 bits per heavy atom. The van der Waals surface area contributed by atoms with Crippen LogP contribution in [0, 0.1) is 0 Å². The van der Waals surface area contributed by atoms with Gasteiger partial charge in [-0.1, -0.05) is 11.6 Å². The summed E-state index contributed by atoms with van der Waals surface area (Å²) in [7, 11) is 7.55. The predicted octanol–water partition coefficient (Wildman–Crippen LogP) is 2.71. The van der Waals surface area contributed by atoms with Crippen LogP contribution in [0.2, 0.25) is 5.02 Å². The third-order valence-electron chi connectivity index (χ3n) is 2.29. The zero-order valence-corrected chi connectivity index (χ0v) is 13.5. The van der Waals surface area contributed by atoms with E-state index < -0.39 is 0 Å². The van der Waals surface area contributed by atoms with Gasteiger partial charge < -0.3 is 15.0 Å². The number of ether oxygens (including phenoxy) is 1. The van der Waals surface area contributed by atoms with Crippen LogP contribution in [0.15, 0.2) is 18.2 Å². The van der Waals surface area contributed by atoms with Crippen LogP contribution in [-0.4, -0.2) is 52.5 Å². The number of nitrogens with zero attached hydrogens (tertiary/aromatic N) is 1. The lowest BCUT2D eigenvalue weighted by atomic mass is 10.2. The Kier molecular flexibility index (Phi) is 11.1. The van der Waals surface area contributed by atoms with Crippen molar-refractivity contribution in [3.8, 4) is 5.75 Å². The summed E-state index contributed by atoms with van der Waals surface area (Å²) < 4.78 is 4.89. The SMILES string of the molecule is C1CCNC1.CN(C)C.COc1ccc(C=O)c(Cl)c1. The molecule has 1 N–H and O–H groups in total. The first-order valence-corrected chi connectivity index (χ1v) is 6.99. The Bertz CT molecular complexity index is 370. The Balaban J connectivity index is 0.000000331. The van der Waals surface area contributed by atoms with Gasteiger partial charge in [-0.15, -0.1) is 0 Å². The standard InChI is InChI=1S/C8H7ClO2.C4H9N.C3H9N/c1-11-7-3-2-6(5-10)8(9)4-7;1-2-4-5-3-1;1-4(2)3/h2-5H,1H3;5H,1-4H2;1-3H3. The van der Waals surface area contributed by atoms with E-state index in [2.05, 4.69) is 5.32 Å². The van der Waals surface area contributed by atoms with Crippen molar-refractivity contribution in [3.05, 3.63) is 28.8 Å². The molecule has 20 heavy (non-hydrogen) atoms. The summed E-state index contributed by atoms with van der Waals surface area (Å²) >= 11 is 5.70. The van der Waals surface area contributed by atoms with Gasteiger partial charge in [0.25, 0.3) is 0 Å². The summed E-state index contributed by atoms with van der Waals surface area (Å²) in [5.74, 6) is 0.653. The van der Waals surface area contributed by atoms with Gasteiger partial charge in [-0.25, -0.2) is 0 Å². The van der Waals surface area contributed by atoms with Crippen LogP contribution in [0.5, 0.6) is 5.75 Å². The summed E-state index contributed by atoms with van der Waals surface area (Å²) in [5.41, 5.74) is 0.479. The van der Waals surface area contributed by atoms with E-state index in [-0.39, 0.29) is 0 Å². The van der Waals surface area contributed by atoms with Crippen LogP contribution in [0.3, 0.4) is 0 Å². The highest BCUT2D eigenvalue weighted by molar-refractivity contribution is 6.33. The van der Waals surface area contributed by atoms with Gasteiger partial charge in [-0.3, -0.25) is 4.79 Å². The Morgan fingerprint density at radius 3 is 2.10 bits per heavy atom. The van der Waals surface area contributed by atoms with E-state index >= 15 is 0 Å². The average molecular weight is 301 g/mol. The maximum absolute atomic E-state index is 10.3. The van der Waals surface area contributed by atoms with Gasteiger partial charge in [0.1, 0.15) is 5.75 Å². The van der Waals surface area contributed by atoms with Crippen molar-refractivity contribution in [2.45, 2.75) is 12.8 Å². The van der Waals surface area contributed by atoms with Crippen molar-refractivity contribution in [1.29, 1.82) is 0 Å². The number of nitrogens with one attached hydrogen (secondary N) is 1. The maximum Gasteiger partial charge on any atom is 0.151 e. The Morgan fingerprint density at radius 2 is 1.80 bits per heavy atom. The number of methoxy groups -OCH3 is 1. The van der Waals surface area contributed by atoms with E-state index in [4.69, 9.17) is 16.3 Å². The molecule has 1 aliphatic heterocycles. The molecule has 0 spiro atoms. The highest BCUT2D eigenvalue weighted by atomic mass is 35.5. The quantitative estimate of drug-likeness (QED) is 0.853. The molecule has 0 atom stereocenters. The topological polar surface area (TPSA) is 41.6 Å². The van der Waals surface area contributed by atoms with Gasteiger partial charge in [0, 0.05) is 5.56 Å². The van der Waals surface area contributed by atoms with Crippen molar-refractivity contribution >= 4 is 17.9 Å². The third kappa shape index (κ3) is 9.78. The largest absolute Gasteiger partial charge is 0.497 e. The zero-order valence-electron chi connectivity index (χ0n) is 12.8. The monoisotopic (exact) mass is 300 g/mol. The average Bonchev–Trinajstić information content (AvgIpc) is 2.97. The molecule has 5 heteroatoms. The number of hydrogen-bond donors (Lipinski definition) is 1. The molecular weight excluding hydrogens is 276 g/mol. The van der Waals surface area contributed by atoms with Crippen molar-refractivity contribution in [2.75, 3.05) is 41.3 Å². The first kappa shape index (κ1) is 18.9. The normalized spacial score (nSPS) is 12.9. The molecule has 0 saturated carbocycles. The molecule has 1 saturated heterocycles. The van der Waals surface area contributed by atoms with Gasteiger partial charge in [0.2, 0.25) is 0 Å². The van der Waals surface area contributed by atoms with Crippen molar-refractivity contribution in [1.82, 2.24) is 10.2 Å². The van der Waals surface area contributed by atoms with Gasteiger partial charge in [0.05, 0.1) is 12.1 Å². The highest BCUT2D eigenvalue weighted by Gasteiger charge is 1.99. The summed E-state index contributed by atoms with van der Waals surface area (Å²) in [4.78, 5) is 12.3. The molecule has 1 fully saturated rings. The van der Waals surface area contributed by atoms with E-state index in [1.165, 1.54) is 25.9 Å². The number of hydrogen-bond acceptors (Lipinski definition) is 4. The van der Waals surface area contributed by atoms with Crippen molar-refractivity contribution < 1.29 is 9.53 Å². The van der Waals surface area contributed by atoms with Gasteiger partial charge in [-0.2, -0.15) is 0 Å². The fraction of sp³-hybridized carbons (Fsp3) is 0.533. The predicted molar refractivity (Wildman–Crippen MR) is 85.1 cm³/mol. The van der Waals surface area contributed by atoms with Crippen LogP contribution in [0.1, 0.15) is 23.2 Å². The summed E-state index contributed by atoms with van der Waals surface area (Å²) in [6.07, 6.45) is 3.49. The number of carbonyl (C=O) groups is 1. The van der Waals surface area contributed by atoms with Crippen molar-refractivity contribution in [2.24, 2.45) is 0 Å². The number of benzene rings is 1. The van der Waals surface area contributed by atoms with Crippen LogP contribution >= 0.6 is 11.6 Å². The summed E-state index contributed by atoms with van der Waals surface area (Å²) in [5, 5.41) is 3.64. The molecule has 1 aromatic rings. The minimum Gasteiger partial charge on any atom is -0.497 e. The molecule has 4 nitrogen and oxygen atoms in total. The van der Waals surface area contributed by atoms with Crippen LogP contribution in [0.4, 0.5) is 0 Å². The Labute approximate surface area is 127 Å².